The maximum atomic E-state index is 9.93. The van der Waals surface area contributed by atoms with E-state index in [1.54, 1.807) is 6.07 Å². The highest BCUT2D eigenvalue weighted by molar-refractivity contribution is 5.91. The zero-order valence-corrected chi connectivity index (χ0v) is 11.3. The van der Waals surface area contributed by atoms with Crippen LogP contribution in [-0.4, -0.2) is 10.2 Å². The van der Waals surface area contributed by atoms with Gasteiger partial charge in [0.25, 0.3) is 0 Å². The van der Waals surface area contributed by atoms with Crippen molar-refractivity contribution in [1.29, 1.82) is 0 Å². The highest BCUT2D eigenvalue weighted by atomic mass is 16.3. The summed E-state index contributed by atoms with van der Waals surface area (Å²) in [6.45, 7) is 8.55. The predicted molar refractivity (Wildman–Crippen MR) is 71.9 cm³/mol. The molecule has 0 aliphatic heterocycles. The monoisotopic (exact) mass is 246 g/mol. The van der Waals surface area contributed by atoms with E-state index in [9.17, 15) is 10.2 Å². The molecule has 2 aromatic rings. The van der Waals surface area contributed by atoms with Gasteiger partial charge in [-0.25, -0.2) is 0 Å². The molecule has 0 aliphatic rings. The number of hydrogen-bond acceptors (Lipinski definition) is 2. The molecule has 0 atom stereocenters. The Morgan fingerprint density at radius 1 is 0.944 bits per heavy atom. The minimum Gasteiger partial charge on any atom is -0.504 e. The van der Waals surface area contributed by atoms with Gasteiger partial charge in [-0.1, -0.05) is 13.8 Å². The van der Waals surface area contributed by atoms with Crippen LogP contribution in [0.3, 0.4) is 0 Å². The molecule has 0 unspecified atom stereocenters. The number of benzene rings is 1. The first-order valence-electron chi connectivity index (χ1n) is 6.32. The third-order valence-electron chi connectivity index (χ3n) is 3.25. The Hall–Kier alpha value is -1.77. The number of nitrogens with zero attached hydrogens (tertiary/aromatic N) is 1. The summed E-state index contributed by atoms with van der Waals surface area (Å²) in [6, 6.07) is 5.64. The molecule has 0 fully saturated rings. The lowest BCUT2D eigenvalue weighted by atomic mass is 10.00. The zero-order chi connectivity index (χ0) is 13.4. The van der Waals surface area contributed by atoms with Crippen molar-refractivity contribution in [2.45, 2.75) is 39.7 Å². The van der Waals surface area contributed by atoms with Crippen LogP contribution in [-0.2, 0) is 0 Å². The van der Waals surface area contributed by atoms with E-state index in [0.717, 1.165) is 5.39 Å². The predicted octanol–water partition coefficient (Wildman–Crippen LogP) is 3.24. The molecule has 0 bridgehead atoms. The molecule has 96 valence electrons. The molecular weight excluding hydrogens is 226 g/mol. The smallest absolute Gasteiger partial charge is 0.192 e. The van der Waals surface area contributed by atoms with Crippen LogP contribution in [0.15, 0.2) is 24.4 Å². The van der Waals surface area contributed by atoms with Gasteiger partial charge in [0.15, 0.2) is 29.4 Å². The van der Waals surface area contributed by atoms with Crippen molar-refractivity contribution < 1.29 is 14.8 Å². The van der Waals surface area contributed by atoms with Crippen LogP contribution in [0.5, 0.6) is 11.5 Å². The minimum atomic E-state index is -0.0699. The average molecular weight is 246 g/mol. The van der Waals surface area contributed by atoms with Crippen LogP contribution >= 0.6 is 0 Å². The highest BCUT2D eigenvalue weighted by Gasteiger charge is 2.22. The molecule has 18 heavy (non-hydrogen) atoms. The molecule has 0 radical (unpaired) electrons. The molecule has 2 N–H and O–H groups in total. The van der Waals surface area contributed by atoms with E-state index in [4.69, 9.17) is 0 Å². The maximum absolute atomic E-state index is 9.93. The van der Waals surface area contributed by atoms with Gasteiger partial charge in [0.05, 0.1) is 5.39 Å². The Kier molecular flexibility index (Phi) is 3.16. The summed E-state index contributed by atoms with van der Waals surface area (Å²) < 4.78 is 2.21. The topological polar surface area (TPSA) is 44.3 Å². The SMILES string of the molecule is CC(C)c1c2ccc(O)c(O)c2cc[n+]1C(C)C. The second-order valence-corrected chi connectivity index (χ2v) is 5.25. The minimum absolute atomic E-state index is 0.0368. The molecule has 0 amide bonds. The molecule has 1 heterocycles. The maximum Gasteiger partial charge on any atom is 0.192 e. The lowest BCUT2D eigenvalue weighted by molar-refractivity contribution is -0.722. The van der Waals surface area contributed by atoms with Crippen LogP contribution in [0.2, 0.25) is 0 Å². The van der Waals surface area contributed by atoms with Gasteiger partial charge in [-0.15, -0.1) is 0 Å². The largest absolute Gasteiger partial charge is 0.504 e. The van der Waals surface area contributed by atoms with Crippen molar-refractivity contribution in [3.63, 3.8) is 0 Å². The average Bonchev–Trinajstić information content (AvgIpc) is 2.32. The summed E-state index contributed by atoms with van der Waals surface area (Å²) in [4.78, 5) is 0. The van der Waals surface area contributed by atoms with Gasteiger partial charge in [0, 0.05) is 17.4 Å². The summed E-state index contributed by atoms with van der Waals surface area (Å²) >= 11 is 0. The number of aromatic nitrogens is 1. The van der Waals surface area contributed by atoms with Crippen molar-refractivity contribution in [2.24, 2.45) is 0 Å². The van der Waals surface area contributed by atoms with Gasteiger partial charge in [-0.05, 0) is 26.0 Å². The molecule has 2 rings (SSSR count). The molecule has 3 nitrogen and oxygen atoms in total. The van der Waals surface area contributed by atoms with Crippen LogP contribution in [0, 0.1) is 0 Å². The molecule has 1 aromatic carbocycles. The first-order valence-corrected chi connectivity index (χ1v) is 6.32. The summed E-state index contributed by atoms with van der Waals surface area (Å²) in [6.07, 6.45) is 1.97. The van der Waals surface area contributed by atoms with Gasteiger partial charge >= 0.3 is 0 Å². The summed E-state index contributed by atoms with van der Waals surface area (Å²) in [7, 11) is 0. The Bertz CT molecular complexity index is 589. The number of rotatable bonds is 2. The standard InChI is InChI=1S/C15H19NO2/c1-9(2)14-11-5-6-13(17)15(18)12(11)7-8-16(14)10(3)4/h5-10,18H,1-4H3/p+1. The van der Waals surface area contributed by atoms with Crippen molar-refractivity contribution in [3.8, 4) is 11.5 Å². The first kappa shape index (κ1) is 12.7. The number of fused-ring (bicyclic) bond motifs is 1. The fraction of sp³-hybridized carbons (Fsp3) is 0.400. The number of aromatic hydroxyl groups is 2. The van der Waals surface area contributed by atoms with Crippen LogP contribution < -0.4 is 4.57 Å². The Morgan fingerprint density at radius 2 is 1.61 bits per heavy atom. The van der Waals surface area contributed by atoms with E-state index in [2.05, 4.69) is 32.3 Å². The quantitative estimate of drug-likeness (QED) is 0.631. The van der Waals surface area contributed by atoms with Crippen LogP contribution in [0.4, 0.5) is 0 Å². The molecular formula is C15H20NO2+. The lowest BCUT2D eigenvalue weighted by Gasteiger charge is -2.13. The Morgan fingerprint density at radius 3 is 2.17 bits per heavy atom. The van der Waals surface area contributed by atoms with E-state index in [1.165, 1.54) is 5.69 Å². The Balaban J connectivity index is 2.87. The normalized spacial score (nSPS) is 11.7. The molecule has 3 heteroatoms. The van der Waals surface area contributed by atoms with Gasteiger partial charge in [0.1, 0.15) is 0 Å². The number of hydrogen-bond donors (Lipinski definition) is 2. The molecule has 0 saturated heterocycles. The summed E-state index contributed by atoms with van der Waals surface area (Å²) in [5, 5.41) is 21.2. The van der Waals surface area contributed by atoms with Crippen molar-refractivity contribution in [1.82, 2.24) is 0 Å². The zero-order valence-electron chi connectivity index (χ0n) is 11.3. The van der Waals surface area contributed by atoms with E-state index < -0.39 is 0 Å². The van der Waals surface area contributed by atoms with Crippen molar-refractivity contribution in [2.75, 3.05) is 0 Å². The van der Waals surface area contributed by atoms with Crippen LogP contribution in [0.1, 0.15) is 45.3 Å². The van der Waals surface area contributed by atoms with Crippen LogP contribution in [0.25, 0.3) is 10.8 Å². The van der Waals surface area contributed by atoms with Gasteiger partial charge in [-0.3, -0.25) is 0 Å². The molecule has 0 saturated carbocycles. The first-order chi connectivity index (χ1) is 8.43. The second-order valence-electron chi connectivity index (χ2n) is 5.25. The van der Waals surface area contributed by atoms with Gasteiger partial charge in [-0.2, -0.15) is 4.57 Å². The molecule has 0 aliphatic carbocycles. The van der Waals surface area contributed by atoms with Crippen molar-refractivity contribution >= 4 is 10.8 Å². The second kappa shape index (κ2) is 4.48. The van der Waals surface area contributed by atoms with E-state index in [0.29, 0.717) is 17.3 Å². The van der Waals surface area contributed by atoms with Crippen molar-refractivity contribution in [3.05, 3.63) is 30.1 Å². The fourth-order valence-electron chi connectivity index (χ4n) is 2.42. The number of phenolic OH excluding ortho intramolecular Hbond substituents is 2. The number of phenols is 2. The molecule has 1 aromatic heterocycles. The summed E-state index contributed by atoms with van der Waals surface area (Å²) in [5.41, 5.74) is 1.18. The third-order valence-corrected chi connectivity index (χ3v) is 3.25. The third kappa shape index (κ3) is 1.90. The number of pyridine rings is 1. The van der Waals surface area contributed by atoms with E-state index in [1.807, 2.05) is 18.3 Å². The van der Waals surface area contributed by atoms with E-state index >= 15 is 0 Å². The Labute approximate surface area is 107 Å². The molecule has 0 spiro atoms. The highest BCUT2D eigenvalue weighted by Crippen LogP contribution is 2.35. The van der Waals surface area contributed by atoms with Gasteiger partial charge < -0.3 is 10.2 Å². The fourth-order valence-corrected chi connectivity index (χ4v) is 2.42. The lowest BCUT2D eigenvalue weighted by Crippen LogP contribution is -2.40. The summed E-state index contributed by atoms with van der Waals surface area (Å²) in [5.74, 6) is 0.241. The van der Waals surface area contributed by atoms with E-state index in [-0.39, 0.29) is 11.5 Å². The van der Waals surface area contributed by atoms with Gasteiger partial charge in [0.2, 0.25) is 0 Å².